The van der Waals surface area contributed by atoms with Crippen molar-refractivity contribution in [1.29, 1.82) is 0 Å². The molecule has 5 heteroatoms. The van der Waals surface area contributed by atoms with Crippen LogP contribution in [0, 0.1) is 11.6 Å². The van der Waals surface area contributed by atoms with Gasteiger partial charge in [-0.25, -0.2) is 8.78 Å². The Morgan fingerprint density at radius 1 is 1.10 bits per heavy atom. The molecule has 21 heavy (non-hydrogen) atoms. The molecule has 0 unspecified atom stereocenters. The van der Waals surface area contributed by atoms with Gasteiger partial charge in [-0.3, -0.25) is 0 Å². The predicted octanol–water partition coefficient (Wildman–Crippen LogP) is 4.07. The molecule has 1 aromatic heterocycles. The monoisotopic (exact) mass is 286 g/mol. The average Bonchev–Trinajstić information content (AvgIpc) is 3.09. The second-order valence-electron chi connectivity index (χ2n) is 5.28. The molecule has 3 aromatic rings. The van der Waals surface area contributed by atoms with Gasteiger partial charge < -0.3 is 9.73 Å². The third-order valence-electron chi connectivity index (χ3n) is 3.73. The summed E-state index contributed by atoms with van der Waals surface area (Å²) in [6.07, 6.45) is 0.899. The summed E-state index contributed by atoms with van der Waals surface area (Å²) in [5.41, 5.74) is 2.00. The summed E-state index contributed by atoms with van der Waals surface area (Å²) >= 11 is 0. The second-order valence-corrected chi connectivity index (χ2v) is 5.28. The minimum Gasteiger partial charge on any atom is -0.424 e. The first kappa shape index (κ1) is 12.3. The van der Waals surface area contributed by atoms with Gasteiger partial charge in [-0.1, -0.05) is 12.1 Å². The summed E-state index contributed by atoms with van der Waals surface area (Å²) in [4.78, 5) is 4.21. The molecular formula is C16H12F2N2O. The van der Waals surface area contributed by atoms with Crippen LogP contribution in [0.3, 0.4) is 0 Å². The van der Waals surface area contributed by atoms with Crippen LogP contribution in [0.25, 0.3) is 11.1 Å². The van der Waals surface area contributed by atoms with Crippen molar-refractivity contribution in [2.45, 2.75) is 18.4 Å². The van der Waals surface area contributed by atoms with E-state index in [1.165, 1.54) is 18.2 Å². The Hall–Kier alpha value is -2.43. The summed E-state index contributed by atoms with van der Waals surface area (Å²) < 4.78 is 31.8. The van der Waals surface area contributed by atoms with E-state index in [2.05, 4.69) is 10.3 Å². The number of hydrogen-bond donors (Lipinski definition) is 1. The van der Waals surface area contributed by atoms with Gasteiger partial charge in [0, 0.05) is 18.0 Å². The number of fused-ring (bicyclic) bond motifs is 1. The minimum atomic E-state index is -0.341. The van der Waals surface area contributed by atoms with E-state index in [1.54, 1.807) is 18.2 Å². The molecule has 1 aliphatic rings. The number of anilines is 1. The number of rotatable bonds is 3. The molecule has 4 rings (SSSR count). The molecule has 3 nitrogen and oxygen atoms in total. The lowest BCUT2D eigenvalue weighted by molar-refractivity contribution is 0.609. The third kappa shape index (κ3) is 2.35. The highest BCUT2D eigenvalue weighted by molar-refractivity contribution is 5.74. The largest absolute Gasteiger partial charge is 0.424 e. The summed E-state index contributed by atoms with van der Waals surface area (Å²) in [7, 11) is 0. The van der Waals surface area contributed by atoms with Gasteiger partial charge in [0.25, 0.3) is 6.01 Å². The van der Waals surface area contributed by atoms with Crippen LogP contribution in [0.5, 0.6) is 0 Å². The molecule has 0 saturated heterocycles. The van der Waals surface area contributed by atoms with Crippen LogP contribution in [0.1, 0.15) is 17.9 Å². The number of hydrogen-bond acceptors (Lipinski definition) is 3. The van der Waals surface area contributed by atoms with E-state index in [9.17, 15) is 8.78 Å². The van der Waals surface area contributed by atoms with Gasteiger partial charge in [0.05, 0.1) is 0 Å². The van der Waals surface area contributed by atoms with Crippen molar-refractivity contribution in [3.63, 3.8) is 0 Å². The molecule has 1 heterocycles. The second kappa shape index (κ2) is 4.55. The normalized spacial score (nSPS) is 20.7. The standard InChI is InChI=1S/C16H12F2N2O/c17-10-3-1-2-9(6-10)12-8-13(12)19-16-20-14-7-11(18)4-5-15(14)21-16/h1-7,12-13H,8H2,(H,19,20)/t12-,13+/m0/s1. The number of aromatic nitrogens is 1. The number of nitrogens with zero attached hydrogens (tertiary/aromatic N) is 1. The van der Waals surface area contributed by atoms with Gasteiger partial charge >= 0.3 is 0 Å². The first-order valence-corrected chi connectivity index (χ1v) is 6.77. The summed E-state index contributed by atoms with van der Waals surface area (Å²) in [6, 6.07) is 11.4. The van der Waals surface area contributed by atoms with Gasteiger partial charge in [-0.2, -0.15) is 4.98 Å². The van der Waals surface area contributed by atoms with Crippen molar-refractivity contribution in [2.75, 3.05) is 5.32 Å². The van der Waals surface area contributed by atoms with E-state index >= 15 is 0 Å². The van der Waals surface area contributed by atoms with Crippen molar-refractivity contribution < 1.29 is 13.2 Å². The molecule has 2 aromatic carbocycles. The lowest BCUT2D eigenvalue weighted by atomic mass is 10.1. The number of oxazole rings is 1. The third-order valence-corrected chi connectivity index (χ3v) is 3.73. The molecule has 1 fully saturated rings. The van der Waals surface area contributed by atoms with Crippen LogP contribution in [-0.2, 0) is 0 Å². The quantitative estimate of drug-likeness (QED) is 0.788. The maximum atomic E-state index is 13.2. The van der Waals surface area contributed by atoms with Crippen LogP contribution in [-0.4, -0.2) is 11.0 Å². The van der Waals surface area contributed by atoms with Crippen LogP contribution in [0.4, 0.5) is 14.8 Å². The first-order chi connectivity index (χ1) is 10.2. The topological polar surface area (TPSA) is 38.1 Å². The van der Waals surface area contributed by atoms with Gasteiger partial charge in [0.15, 0.2) is 5.58 Å². The number of benzene rings is 2. The Morgan fingerprint density at radius 3 is 2.81 bits per heavy atom. The zero-order valence-electron chi connectivity index (χ0n) is 11.0. The Morgan fingerprint density at radius 2 is 1.95 bits per heavy atom. The Kier molecular flexibility index (Phi) is 2.67. The lowest BCUT2D eigenvalue weighted by Crippen LogP contribution is -2.04. The first-order valence-electron chi connectivity index (χ1n) is 6.77. The zero-order valence-corrected chi connectivity index (χ0v) is 11.0. The Bertz CT molecular complexity index is 815. The highest BCUT2D eigenvalue weighted by Crippen LogP contribution is 2.43. The molecule has 0 amide bonds. The van der Waals surface area contributed by atoms with Crippen LogP contribution < -0.4 is 5.32 Å². The minimum absolute atomic E-state index is 0.171. The molecule has 0 bridgehead atoms. The van der Waals surface area contributed by atoms with Crippen molar-refractivity contribution in [2.24, 2.45) is 0 Å². The smallest absolute Gasteiger partial charge is 0.295 e. The maximum absolute atomic E-state index is 13.2. The molecule has 1 saturated carbocycles. The number of halogens is 2. The fraction of sp³-hybridized carbons (Fsp3) is 0.188. The van der Waals surface area contributed by atoms with Gasteiger partial charge in [0.1, 0.15) is 17.2 Å². The van der Waals surface area contributed by atoms with Crippen LogP contribution in [0.15, 0.2) is 46.9 Å². The van der Waals surface area contributed by atoms with Crippen molar-refractivity contribution in [1.82, 2.24) is 4.98 Å². The maximum Gasteiger partial charge on any atom is 0.295 e. The SMILES string of the molecule is Fc1cccc([C@@H]2C[C@H]2Nc2nc3cc(F)ccc3o2)c1. The zero-order chi connectivity index (χ0) is 14.4. The molecule has 0 radical (unpaired) electrons. The molecule has 2 atom stereocenters. The van der Waals surface area contributed by atoms with Gasteiger partial charge in [0.2, 0.25) is 0 Å². The van der Waals surface area contributed by atoms with E-state index in [-0.39, 0.29) is 23.6 Å². The van der Waals surface area contributed by atoms with E-state index in [0.29, 0.717) is 17.1 Å². The van der Waals surface area contributed by atoms with Gasteiger partial charge in [-0.15, -0.1) is 0 Å². The molecule has 1 N–H and O–H groups in total. The van der Waals surface area contributed by atoms with E-state index in [0.717, 1.165) is 12.0 Å². The fourth-order valence-corrected chi connectivity index (χ4v) is 2.58. The van der Waals surface area contributed by atoms with Crippen LogP contribution in [0.2, 0.25) is 0 Å². The highest BCUT2D eigenvalue weighted by Gasteiger charge is 2.39. The summed E-state index contributed by atoms with van der Waals surface area (Å²) in [5.74, 6) is -0.311. The van der Waals surface area contributed by atoms with E-state index in [4.69, 9.17) is 4.42 Å². The summed E-state index contributed by atoms with van der Waals surface area (Å²) in [6.45, 7) is 0. The van der Waals surface area contributed by atoms with Crippen molar-refractivity contribution in [3.8, 4) is 0 Å². The van der Waals surface area contributed by atoms with Crippen LogP contribution >= 0.6 is 0 Å². The molecule has 0 spiro atoms. The van der Waals surface area contributed by atoms with E-state index in [1.807, 2.05) is 6.07 Å². The molecule has 1 aliphatic carbocycles. The molecule has 0 aliphatic heterocycles. The average molecular weight is 286 g/mol. The molecule has 106 valence electrons. The van der Waals surface area contributed by atoms with Crippen molar-refractivity contribution in [3.05, 3.63) is 59.7 Å². The fourth-order valence-electron chi connectivity index (χ4n) is 2.58. The van der Waals surface area contributed by atoms with Gasteiger partial charge in [-0.05, 0) is 36.2 Å². The highest BCUT2D eigenvalue weighted by atomic mass is 19.1. The lowest BCUT2D eigenvalue weighted by Gasteiger charge is -2.01. The van der Waals surface area contributed by atoms with Crippen molar-refractivity contribution >= 4 is 17.1 Å². The molecular weight excluding hydrogens is 274 g/mol. The summed E-state index contributed by atoms with van der Waals surface area (Å²) in [5, 5.41) is 3.17. The Labute approximate surface area is 119 Å². The Balaban J connectivity index is 1.51. The predicted molar refractivity (Wildman–Crippen MR) is 75.1 cm³/mol. The van der Waals surface area contributed by atoms with E-state index < -0.39 is 0 Å². The number of nitrogens with one attached hydrogen (secondary N) is 1.